The number of carbonyl (C=O) groups is 3. The Morgan fingerprint density at radius 2 is 1.57 bits per heavy atom. The van der Waals surface area contributed by atoms with E-state index >= 15 is 0 Å². The molecule has 0 bridgehead atoms. The monoisotopic (exact) mass is 397 g/mol. The molecule has 0 saturated heterocycles. The molecule has 0 radical (unpaired) electrons. The van der Waals surface area contributed by atoms with Crippen molar-refractivity contribution in [1.29, 1.82) is 0 Å². The molecule has 3 aromatic rings. The lowest BCUT2D eigenvalue weighted by Crippen LogP contribution is -2.41. The van der Waals surface area contributed by atoms with Crippen molar-refractivity contribution < 1.29 is 19.1 Å². The molecule has 30 heavy (non-hydrogen) atoms. The number of fused-ring (bicyclic) bond motifs is 1. The molecule has 0 atom stereocenters. The number of rotatable bonds is 3. The first-order valence-corrected chi connectivity index (χ1v) is 9.45. The molecule has 1 heterocycles. The Bertz CT molecular complexity index is 1210. The third-order valence-electron chi connectivity index (χ3n) is 5.01. The first-order chi connectivity index (χ1) is 14.5. The fourth-order valence-electron chi connectivity index (χ4n) is 3.57. The highest BCUT2D eigenvalue weighted by Gasteiger charge is 2.36. The van der Waals surface area contributed by atoms with E-state index in [1.165, 1.54) is 12.0 Å². The molecular weight excluding hydrogens is 378 g/mol. The Kier molecular flexibility index (Phi) is 5.02. The second-order valence-corrected chi connectivity index (χ2v) is 6.97. The van der Waals surface area contributed by atoms with Crippen LogP contribution in [-0.2, 0) is 9.53 Å². The summed E-state index contributed by atoms with van der Waals surface area (Å²) in [4.78, 5) is 40.0. The van der Waals surface area contributed by atoms with Gasteiger partial charge in [0.25, 0.3) is 11.8 Å². The van der Waals surface area contributed by atoms with Gasteiger partial charge in [0, 0.05) is 11.1 Å². The molecule has 3 aromatic carbocycles. The molecule has 0 spiro atoms. The molecule has 0 aliphatic carbocycles. The molecule has 148 valence electrons. The first kappa shape index (κ1) is 19.3. The summed E-state index contributed by atoms with van der Waals surface area (Å²) in [6.07, 6.45) is 1.64. The number of anilines is 1. The molecule has 1 aliphatic rings. The SMILES string of the molecule is COC(=O)c1ccccc1/C=C1\C(=O)N(c2cccc(C)c2)C(=O)c2ccccc21. The highest BCUT2D eigenvalue weighted by Crippen LogP contribution is 2.34. The largest absolute Gasteiger partial charge is 0.465 e. The first-order valence-electron chi connectivity index (χ1n) is 9.45. The van der Waals surface area contributed by atoms with E-state index in [1.54, 1.807) is 66.7 Å². The summed E-state index contributed by atoms with van der Waals surface area (Å²) in [5.74, 6) is -1.31. The van der Waals surface area contributed by atoms with Crippen LogP contribution in [0.1, 0.15) is 37.4 Å². The Hall–Kier alpha value is -3.99. The highest BCUT2D eigenvalue weighted by molar-refractivity contribution is 6.43. The zero-order chi connectivity index (χ0) is 21.3. The molecule has 2 amide bonds. The van der Waals surface area contributed by atoms with Gasteiger partial charge in [0.2, 0.25) is 0 Å². The van der Waals surface area contributed by atoms with Crippen LogP contribution >= 0.6 is 0 Å². The van der Waals surface area contributed by atoms with Gasteiger partial charge < -0.3 is 4.74 Å². The van der Waals surface area contributed by atoms with Crippen molar-refractivity contribution in [3.8, 4) is 0 Å². The molecule has 5 heteroatoms. The standard InChI is InChI=1S/C25H19NO4/c1-16-8-7-10-18(14-16)26-23(27)21-13-6-5-12-20(21)22(24(26)28)15-17-9-3-4-11-19(17)25(29)30-2/h3-15H,1-2H3/b22-15-. The van der Waals surface area contributed by atoms with E-state index < -0.39 is 11.9 Å². The molecule has 0 unspecified atom stereocenters. The molecule has 0 aromatic heterocycles. The maximum absolute atomic E-state index is 13.5. The van der Waals surface area contributed by atoms with Gasteiger partial charge in [0.05, 0.1) is 18.4 Å². The van der Waals surface area contributed by atoms with E-state index in [1.807, 2.05) is 19.1 Å². The number of aryl methyl sites for hydroxylation is 1. The zero-order valence-corrected chi connectivity index (χ0v) is 16.6. The van der Waals surface area contributed by atoms with E-state index in [4.69, 9.17) is 4.74 Å². The summed E-state index contributed by atoms with van der Waals surface area (Å²) >= 11 is 0. The third-order valence-corrected chi connectivity index (χ3v) is 5.01. The lowest BCUT2D eigenvalue weighted by atomic mass is 9.91. The fourth-order valence-corrected chi connectivity index (χ4v) is 3.57. The second kappa shape index (κ2) is 7.79. The quantitative estimate of drug-likeness (QED) is 0.371. The molecule has 5 nitrogen and oxygen atoms in total. The zero-order valence-electron chi connectivity index (χ0n) is 16.6. The Morgan fingerprint density at radius 3 is 2.30 bits per heavy atom. The van der Waals surface area contributed by atoms with Gasteiger partial charge in [-0.15, -0.1) is 0 Å². The number of nitrogens with zero attached hydrogens (tertiary/aromatic N) is 1. The minimum atomic E-state index is -0.495. The van der Waals surface area contributed by atoms with Crippen molar-refractivity contribution in [3.63, 3.8) is 0 Å². The summed E-state index contributed by atoms with van der Waals surface area (Å²) in [5, 5.41) is 0. The van der Waals surface area contributed by atoms with Crippen molar-refractivity contribution >= 4 is 35.1 Å². The molecule has 0 N–H and O–H groups in total. The van der Waals surface area contributed by atoms with Crippen molar-refractivity contribution in [2.45, 2.75) is 6.92 Å². The van der Waals surface area contributed by atoms with E-state index in [0.29, 0.717) is 33.5 Å². The van der Waals surface area contributed by atoms with Crippen LogP contribution in [0.3, 0.4) is 0 Å². The number of amides is 2. The minimum Gasteiger partial charge on any atom is -0.465 e. The number of carbonyl (C=O) groups excluding carboxylic acids is 3. The maximum atomic E-state index is 13.5. The average Bonchev–Trinajstić information content (AvgIpc) is 2.76. The van der Waals surface area contributed by atoms with Crippen LogP contribution in [0.25, 0.3) is 11.6 Å². The highest BCUT2D eigenvalue weighted by atomic mass is 16.5. The van der Waals surface area contributed by atoms with Crippen LogP contribution in [0.2, 0.25) is 0 Å². The third kappa shape index (κ3) is 3.31. The van der Waals surface area contributed by atoms with Crippen LogP contribution in [0, 0.1) is 6.92 Å². The minimum absolute atomic E-state index is 0.336. The van der Waals surface area contributed by atoms with Crippen LogP contribution in [0.5, 0.6) is 0 Å². The molecular formula is C25H19NO4. The smallest absolute Gasteiger partial charge is 0.338 e. The Balaban J connectivity index is 1.93. The number of hydrogen-bond acceptors (Lipinski definition) is 4. The molecule has 1 aliphatic heterocycles. The summed E-state index contributed by atoms with van der Waals surface area (Å²) in [6, 6.07) is 21.1. The maximum Gasteiger partial charge on any atom is 0.338 e. The van der Waals surface area contributed by atoms with Gasteiger partial charge in [-0.2, -0.15) is 0 Å². The van der Waals surface area contributed by atoms with Gasteiger partial charge in [-0.05, 0) is 54.0 Å². The van der Waals surface area contributed by atoms with E-state index in [2.05, 4.69) is 0 Å². The average molecular weight is 397 g/mol. The summed E-state index contributed by atoms with van der Waals surface area (Å²) in [5.41, 5.74) is 3.64. The predicted octanol–water partition coefficient (Wildman–Crippen LogP) is 4.51. The van der Waals surface area contributed by atoms with Crippen molar-refractivity contribution in [1.82, 2.24) is 0 Å². The fraction of sp³-hybridized carbons (Fsp3) is 0.0800. The van der Waals surface area contributed by atoms with Crippen LogP contribution in [0.15, 0.2) is 72.8 Å². The summed E-state index contributed by atoms with van der Waals surface area (Å²) in [7, 11) is 1.31. The van der Waals surface area contributed by atoms with Gasteiger partial charge in [-0.1, -0.05) is 48.5 Å². The van der Waals surface area contributed by atoms with Gasteiger partial charge in [-0.25, -0.2) is 9.69 Å². The van der Waals surface area contributed by atoms with Crippen LogP contribution in [0.4, 0.5) is 5.69 Å². The molecule has 0 saturated carbocycles. The van der Waals surface area contributed by atoms with Gasteiger partial charge in [-0.3, -0.25) is 9.59 Å². The van der Waals surface area contributed by atoms with Crippen LogP contribution < -0.4 is 4.90 Å². The number of esters is 1. The summed E-state index contributed by atoms with van der Waals surface area (Å²) in [6.45, 7) is 1.90. The van der Waals surface area contributed by atoms with E-state index in [-0.39, 0.29) is 5.91 Å². The normalized spacial score (nSPS) is 14.6. The Labute approximate surface area is 174 Å². The second-order valence-electron chi connectivity index (χ2n) is 6.97. The van der Waals surface area contributed by atoms with Crippen molar-refractivity contribution in [3.05, 3.63) is 101 Å². The molecule has 4 rings (SSSR count). The number of methoxy groups -OCH3 is 1. The van der Waals surface area contributed by atoms with Crippen molar-refractivity contribution in [2.24, 2.45) is 0 Å². The number of benzene rings is 3. The van der Waals surface area contributed by atoms with E-state index in [9.17, 15) is 14.4 Å². The topological polar surface area (TPSA) is 63.7 Å². The Morgan fingerprint density at radius 1 is 0.867 bits per heavy atom. The van der Waals surface area contributed by atoms with Gasteiger partial charge >= 0.3 is 5.97 Å². The summed E-state index contributed by atoms with van der Waals surface area (Å²) < 4.78 is 4.87. The van der Waals surface area contributed by atoms with Crippen molar-refractivity contribution in [2.75, 3.05) is 12.0 Å². The lowest BCUT2D eigenvalue weighted by molar-refractivity contribution is -0.112. The molecule has 0 fully saturated rings. The number of hydrogen-bond donors (Lipinski definition) is 0. The number of ether oxygens (including phenoxy) is 1. The number of imide groups is 1. The van der Waals surface area contributed by atoms with Gasteiger partial charge in [0.15, 0.2) is 0 Å². The lowest BCUT2D eigenvalue weighted by Gasteiger charge is -2.29. The van der Waals surface area contributed by atoms with E-state index in [0.717, 1.165) is 5.56 Å². The van der Waals surface area contributed by atoms with Gasteiger partial charge in [0.1, 0.15) is 0 Å². The van der Waals surface area contributed by atoms with Crippen LogP contribution in [-0.4, -0.2) is 24.9 Å². The predicted molar refractivity (Wildman–Crippen MR) is 115 cm³/mol.